The molecule has 0 spiro atoms. The molecule has 2 aromatic heterocycles. The Bertz CT molecular complexity index is 826. The van der Waals surface area contributed by atoms with Crippen molar-refractivity contribution in [1.82, 2.24) is 9.55 Å². The van der Waals surface area contributed by atoms with Gasteiger partial charge in [0.05, 0.1) is 21.6 Å². The lowest BCUT2D eigenvalue weighted by atomic mass is 10.1. The Kier molecular flexibility index (Phi) is 2.82. The van der Waals surface area contributed by atoms with E-state index in [1.807, 2.05) is 6.07 Å². The Morgan fingerprint density at radius 3 is 2.86 bits per heavy atom. The van der Waals surface area contributed by atoms with Crippen LogP contribution >= 0.6 is 11.3 Å². The lowest BCUT2D eigenvalue weighted by Gasteiger charge is -2.14. The first-order valence-corrected chi connectivity index (χ1v) is 8.36. The molecule has 2 N–H and O–H groups in total. The van der Waals surface area contributed by atoms with Gasteiger partial charge in [-0.25, -0.2) is 4.98 Å². The number of imidazole rings is 1. The Morgan fingerprint density at radius 2 is 2.05 bits per heavy atom. The van der Waals surface area contributed by atoms with Crippen LogP contribution in [0.5, 0.6) is 0 Å². The molecular formula is C17H19N3S. The number of nitrogen functional groups attached to an aromatic ring is 1. The van der Waals surface area contributed by atoms with Crippen molar-refractivity contribution in [2.75, 3.05) is 5.73 Å². The summed E-state index contributed by atoms with van der Waals surface area (Å²) < 4.78 is 2.33. The topological polar surface area (TPSA) is 43.8 Å². The minimum atomic E-state index is 0.365. The molecule has 21 heavy (non-hydrogen) atoms. The van der Waals surface area contributed by atoms with E-state index >= 15 is 0 Å². The van der Waals surface area contributed by atoms with Gasteiger partial charge in [0.2, 0.25) is 0 Å². The number of anilines is 1. The van der Waals surface area contributed by atoms with Crippen molar-refractivity contribution in [2.24, 2.45) is 0 Å². The molecule has 0 amide bonds. The first-order chi connectivity index (χ1) is 10.2. The number of benzene rings is 1. The van der Waals surface area contributed by atoms with Crippen LogP contribution in [0.1, 0.15) is 36.8 Å². The number of fused-ring (bicyclic) bond motifs is 2. The summed E-state index contributed by atoms with van der Waals surface area (Å²) in [5, 5.41) is 0.928. The van der Waals surface area contributed by atoms with Gasteiger partial charge in [0, 0.05) is 10.9 Å². The highest BCUT2D eigenvalue weighted by Gasteiger charge is 2.26. The van der Waals surface area contributed by atoms with Crippen LogP contribution < -0.4 is 5.73 Å². The van der Waals surface area contributed by atoms with Crippen molar-refractivity contribution in [1.29, 1.82) is 0 Å². The molecule has 108 valence electrons. The third kappa shape index (κ3) is 1.82. The summed E-state index contributed by atoms with van der Waals surface area (Å²) in [5.41, 5.74) is 11.2. The molecule has 0 fully saturated rings. The normalized spacial score (nSPS) is 14.2. The molecule has 1 aliphatic carbocycles. The Labute approximate surface area is 128 Å². The van der Waals surface area contributed by atoms with E-state index in [0.717, 1.165) is 22.8 Å². The Morgan fingerprint density at radius 1 is 1.24 bits per heavy atom. The fourth-order valence-corrected chi connectivity index (χ4v) is 4.57. The highest BCUT2D eigenvalue weighted by atomic mass is 32.1. The van der Waals surface area contributed by atoms with E-state index in [2.05, 4.69) is 36.6 Å². The van der Waals surface area contributed by atoms with Crippen LogP contribution in [-0.2, 0) is 12.8 Å². The predicted octanol–water partition coefficient (Wildman–Crippen LogP) is 4.42. The molecular weight excluding hydrogens is 278 g/mol. The van der Waals surface area contributed by atoms with E-state index in [1.54, 1.807) is 11.3 Å². The second-order valence-corrected chi connectivity index (χ2v) is 7.12. The van der Waals surface area contributed by atoms with E-state index in [4.69, 9.17) is 10.7 Å². The van der Waals surface area contributed by atoms with Gasteiger partial charge in [0.25, 0.3) is 0 Å². The molecule has 4 rings (SSSR count). The van der Waals surface area contributed by atoms with Gasteiger partial charge in [0.1, 0.15) is 5.82 Å². The lowest BCUT2D eigenvalue weighted by molar-refractivity contribution is 0.624. The van der Waals surface area contributed by atoms with Crippen LogP contribution in [0.3, 0.4) is 0 Å². The Hall–Kier alpha value is -1.81. The van der Waals surface area contributed by atoms with E-state index in [0.29, 0.717) is 6.04 Å². The Balaban J connectivity index is 2.05. The maximum absolute atomic E-state index is 6.34. The van der Waals surface area contributed by atoms with Gasteiger partial charge in [-0.3, -0.25) is 0 Å². The third-order valence-electron chi connectivity index (χ3n) is 4.28. The lowest BCUT2D eigenvalue weighted by Crippen LogP contribution is -2.04. The molecule has 0 aliphatic heterocycles. The molecule has 0 atom stereocenters. The summed E-state index contributed by atoms with van der Waals surface area (Å²) in [6.45, 7) is 4.42. The zero-order chi connectivity index (χ0) is 14.6. The first kappa shape index (κ1) is 12.9. The molecule has 0 bridgehead atoms. The quantitative estimate of drug-likeness (QED) is 0.761. The van der Waals surface area contributed by atoms with Crippen molar-refractivity contribution < 1.29 is 0 Å². The van der Waals surface area contributed by atoms with E-state index in [9.17, 15) is 0 Å². The highest BCUT2D eigenvalue weighted by Crippen LogP contribution is 2.44. The summed E-state index contributed by atoms with van der Waals surface area (Å²) in [6, 6.07) is 8.72. The molecule has 0 saturated carbocycles. The molecule has 3 nitrogen and oxygen atoms in total. The van der Waals surface area contributed by atoms with Crippen molar-refractivity contribution in [2.45, 2.75) is 39.2 Å². The number of hydrogen-bond donors (Lipinski definition) is 1. The standard InChI is InChI=1S/C17H19N3S/c1-10(2)20-13-8-4-3-7-12(13)19-17(20)15-11-6-5-9-14(11)21-16(15)18/h3-4,7-8,10H,5-6,9,18H2,1-2H3. The third-order valence-corrected chi connectivity index (χ3v) is 5.41. The maximum atomic E-state index is 6.34. The van der Waals surface area contributed by atoms with Crippen LogP contribution in [-0.4, -0.2) is 9.55 Å². The monoisotopic (exact) mass is 297 g/mol. The van der Waals surface area contributed by atoms with Crippen LogP contribution in [0, 0.1) is 0 Å². The summed E-state index contributed by atoms with van der Waals surface area (Å²) in [5.74, 6) is 1.04. The zero-order valence-electron chi connectivity index (χ0n) is 12.4. The van der Waals surface area contributed by atoms with E-state index in [-0.39, 0.29) is 0 Å². The van der Waals surface area contributed by atoms with E-state index < -0.39 is 0 Å². The molecule has 1 aromatic carbocycles. The fraction of sp³-hybridized carbons (Fsp3) is 0.353. The van der Waals surface area contributed by atoms with Crippen LogP contribution in [0.25, 0.3) is 22.4 Å². The van der Waals surface area contributed by atoms with E-state index in [1.165, 1.54) is 34.4 Å². The molecule has 1 aliphatic rings. The second-order valence-electron chi connectivity index (χ2n) is 5.98. The first-order valence-electron chi connectivity index (χ1n) is 7.54. The number of nitrogens with zero attached hydrogens (tertiary/aromatic N) is 2. The van der Waals surface area contributed by atoms with Crippen LogP contribution in [0.15, 0.2) is 24.3 Å². The van der Waals surface area contributed by atoms with Gasteiger partial charge < -0.3 is 10.3 Å². The van der Waals surface area contributed by atoms with Crippen molar-refractivity contribution in [3.63, 3.8) is 0 Å². The minimum absolute atomic E-state index is 0.365. The summed E-state index contributed by atoms with van der Waals surface area (Å²) in [7, 11) is 0. The van der Waals surface area contributed by atoms with Crippen molar-refractivity contribution >= 4 is 27.4 Å². The van der Waals surface area contributed by atoms with Gasteiger partial charge in [0.15, 0.2) is 0 Å². The van der Waals surface area contributed by atoms with Gasteiger partial charge >= 0.3 is 0 Å². The molecule has 0 radical (unpaired) electrons. The van der Waals surface area contributed by atoms with Gasteiger partial charge in [-0.05, 0) is 50.8 Å². The van der Waals surface area contributed by atoms with Crippen LogP contribution in [0.2, 0.25) is 0 Å². The van der Waals surface area contributed by atoms with Crippen LogP contribution in [0.4, 0.5) is 5.00 Å². The number of aromatic nitrogens is 2. The highest BCUT2D eigenvalue weighted by molar-refractivity contribution is 7.16. The average molecular weight is 297 g/mol. The SMILES string of the molecule is CC(C)n1c(-c2c(N)sc3c2CCC3)nc2ccccc21. The number of para-hydroxylation sites is 2. The summed E-state index contributed by atoms with van der Waals surface area (Å²) >= 11 is 1.75. The summed E-state index contributed by atoms with van der Waals surface area (Å²) in [6.07, 6.45) is 3.56. The maximum Gasteiger partial charge on any atom is 0.144 e. The fourth-order valence-electron chi connectivity index (χ4n) is 3.41. The number of rotatable bonds is 2. The van der Waals surface area contributed by atoms with Crippen molar-refractivity contribution in [3.05, 3.63) is 34.7 Å². The average Bonchev–Trinajstić information content (AvgIpc) is 3.09. The summed E-state index contributed by atoms with van der Waals surface area (Å²) in [4.78, 5) is 6.37. The second kappa shape index (κ2) is 4.60. The number of nitrogens with two attached hydrogens (primary N) is 1. The number of hydrogen-bond acceptors (Lipinski definition) is 3. The zero-order valence-corrected chi connectivity index (χ0v) is 13.2. The predicted molar refractivity (Wildman–Crippen MR) is 89.9 cm³/mol. The van der Waals surface area contributed by atoms with Gasteiger partial charge in [-0.15, -0.1) is 11.3 Å². The number of thiophene rings is 1. The molecule has 3 aromatic rings. The minimum Gasteiger partial charge on any atom is -0.390 e. The molecule has 0 saturated heterocycles. The smallest absolute Gasteiger partial charge is 0.144 e. The van der Waals surface area contributed by atoms with Gasteiger partial charge in [-0.1, -0.05) is 12.1 Å². The van der Waals surface area contributed by atoms with Crippen molar-refractivity contribution in [3.8, 4) is 11.4 Å². The molecule has 4 heteroatoms. The van der Waals surface area contributed by atoms with Gasteiger partial charge in [-0.2, -0.15) is 0 Å². The number of aryl methyl sites for hydroxylation is 1. The molecule has 2 heterocycles. The largest absolute Gasteiger partial charge is 0.390 e. The molecule has 0 unspecified atom stereocenters.